The second-order valence-electron chi connectivity index (χ2n) is 4.06. The summed E-state index contributed by atoms with van der Waals surface area (Å²) in [6.07, 6.45) is 0.987. The number of hydrogen-bond donors (Lipinski definition) is 1. The maximum atomic E-state index is 12.0. The van der Waals surface area contributed by atoms with Crippen molar-refractivity contribution in [3.63, 3.8) is 0 Å². The number of aryl methyl sites for hydroxylation is 1. The molecule has 5 nitrogen and oxygen atoms in total. The van der Waals surface area contributed by atoms with E-state index in [-0.39, 0.29) is 0 Å². The molecule has 1 aliphatic rings. The van der Waals surface area contributed by atoms with Gasteiger partial charge in [0.05, 0.1) is 13.2 Å². The summed E-state index contributed by atoms with van der Waals surface area (Å²) in [6, 6.07) is 4.02. The fourth-order valence-corrected chi connectivity index (χ4v) is 3.89. The first-order valence-corrected chi connectivity index (χ1v) is 8.27. The maximum absolute atomic E-state index is 12.0. The Balaban J connectivity index is 1.91. The van der Waals surface area contributed by atoms with E-state index < -0.39 is 10.2 Å². The summed E-state index contributed by atoms with van der Waals surface area (Å²) < 4.78 is 33.2. The molecule has 7 heteroatoms. The highest BCUT2D eigenvalue weighted by Gasteiger charge is 2.23. The van der Waals surface area contributed by atoms with Gasteiger partial charge in [0, 0.05) is 29.4 Å². The van der Waals surface area contributed by atoms with Crippen LogP contribution in [0.25, 0.3) is 0 Å². The van der Waals surface area contributed by atoms with E-state index in [4.69, 9.17) is 4.74 Å². The molecule has 102 valence electrons. The summed E-state index contributed by atoms with van der Waals surface area (Å²) >= 11 is 1.65. The van der Waals surface area contributed by atoms with E-state index >= 15 is 0 Å². The van der Waals surface area contributed by atoms with E-state index in [1.54, 1.807) is 11.3 Å². The van der Waals surface area contributed by atoms with Crippen molar-refractivity contribution >= 4 is 21.5 Å². The van der Waals surface area contributed by atoms with Crippen molar-refractivity contribution in [2.45, 2.75) is 19.9 Å². The standard InChI is InChI=1S/C11H18N2O3S2/c1-2-10-3-4-11(17-10)9-12-18(14,15)13-5-7-16-8-6-13/h3-4,12H,2,5-9H2,1H3. The Kier molecular flexibility index (Phi) is 4.74. The molecule has 1 aromatic rings. The van der Waals surface area contributed by atoms with Crippen LogP contribution in [-0.2, 0) is 27.9 Å². The zero-order chi connectivity index (χ0) is 13.0. The minimum atomic E-state index is -3.37. The van der Waals surface area contributed by atoms with Crippen LogP contribution in [0.4, 0.5) is 0 Å². The Morgan fingerprint density at radius 2 is 2.00 bits per heavy atom. The maximum Gasteiger partial charge on any atom is 0.279 e. The van der Waals surface area contributed by atoms with Crippen LogP contribution in [0.2, 0.25) is 0 Å². The van der Waals surface area contributed by atoms with Gasteiger partial charge in [-0.25, -0.2) is 0 Å². The van der Waals surface area contributed by atoms with E-state index in [0.29, 0.717) is 32.8 Å². The molecular weight excluding hydrogens is 272 g/mol. The number of nitrogens with one attached hydrogen (secondary N) is 1. The normalized spacial score (nSPS) is 18.1. The molecule has 0 unspecified atom stereocenters. The van der Waals surface area contributed by atoms with Gasteiger partial charge in [-0.15, -0.1) is 11.3 Å². The Hall–Kier alpha value is -0.470. The average Bonchev–Trinajstić information content (AvgIpc) is 2.86. The second-order valence-corrected chi connectivity index (χ2v) is 7.07. The molecule has 18 heavy (non-hydrogen) atoms. The molecule has 0 aromatic carbocycles. The Morgan fingerprint density at radius 3 is 2.61 bits per heavy atom. The number of rotatable bonds is 5. The van der Waals surface area contributed by atoms with Gasteiger partial charge in [-0.05, 0) is 18.6 Å². The molecule has 1 N–H and O–H groups in total. The summed E-state index contributed by atoms with van der Waals surface area (Å²) in [6.45, 7) is 4.26. The minimum absolute atomic E-state index is 0.365. The fourth-order valence-electron chi connectivity index (χ4n) is 1.75. The number of thiophene rings is 1. The molecule has 0 amide bonds. The third-order valence-corrected chi connectivity index (χ3v) is 5.59. The lowest BCUT2D eigenvalue weighted by molar-refractivity contribution is 0.0725. The van der Waals surface area contributed by atoms with Crippen LogP contribution >= 0.6 is 11.3 Å². The Labute approximate surface area is 112 Å². The van der Waals surface area contributed by atoms with E-state index in [1.807, 2.05) is 12.1 Å². The lowest BCUT2D eigenvalue weighted by Crippen LogP contribution is -2.46. The molecule has 0 saturated carbocycles. The third-order valence-electron chi connectivity index (χ3n) is 2.80. The van der Waals surface area contributed by atoms with Crippen LogP contribution in [0.5, 0.6) is 0 Å². The van der Waals surface area contributed by atoms with Crippen molar-refractivity contribution in [3.8, 4) is 0 Å². The van der Waals surface area contributed by atoms with Gasteiger partial charge in [0.25, 0.3) is 10.2 Å². The van der Waals surface area contributed by atoms with Crippen molar-refractivity contribution in [3.05, 3.63) is 21.9 Å². The smallest absolute Gasteiger partial charge is 0.279 e. The number of morpholine rings is 1. The predicted octanol–water partition coefficient (Wildman–Crippen LogP) is 0.977. The molecule has 0 atom stereocenters. The number of hydrogen-bond acceptors (Lipinski definition) is 4. The second kappa shape index (κ2) is 6.12. The molecule has 0 aliphatic carbocycles. The minimum Gasteiger partial charge on any atom is -0.379 e. The van der Waals surface area contributed by atoms with Gasteiger partial charge >= 0.3 is 0 Å². The van der Waals surface area contributed by atoms with Crippen LogP contribution in [0, 0.1) is 0 Å². The topological polar surface area (TPSA) is 58.6 Å². The molecule has 0 spiro atoms. The van der Waals surface area contributed by atoms with Gasteiger partial charge in [0.2, 0.25) is 0 Å². The Bertz CT molecular complexity index is 478. The molecule has 1 saturated heterocycles. The summed E-state index contributed by atoms with van der Waals surface area (Å²) in [5, 5.41) is 0. The lowest BCUT2D eigenvalue weighted by Gasteiger charge is -2.25. The van der Waals surface area contributed by atoms with Crippen LogP contribution in [0.1, 0.15) is 16.7 Å². The first-order valence-electron chi connectivity index (χ1n) is 6.02. The van der Waals surface area contributed by atoms with Gasteiger partial charge in [0.1, 0.15) is 0 Å². The predicted molar refractivity (Wildman–Crippen MR) is 71.8 cm³/mol. The summed E-state index contributed by atoms with van der Waals surface area (Å²) in [4.78, 5) is 2.32. The summed E-state index contributed by atoms with van der Waals surface area (Å²) in [7, 11) is -3.37. The molecule has 1 fully saturated rings. The van der Waals surface area contributed by atoms with Gasteiger partial charge in [0.15, 0.2) is 0 Å². The van der Waals surface area contributed by atoms with Gasteiger partial charge in [-0.2, -0.15) is 17.4 Å². The molecule has 2 heterocycles. The lowest BCUT2D eigenvalue weighted by atomic mass is 10.4. The van der Waals surface area contributed by atoms with Crippen molar-refractivity contribution in [2.24, 2.45) is 0 Å². The van der Waals surface area contributed by atoms with Crippen molar-refractivity contribution < 1.29 is 13.2 Å². The van der Waals surface area contributed by atoms with Gasteiger partial charge < -0.3 is 4.74 Å². The zero-order valence-corrected chi connectivity index (χ0v) is 12.0. The van der Waals surface area contributed by atoms with Crippen LogP contribution in [0.15, 0.2) is 12.1 Å². The molecule has 1 aromatic heterocycles. The highest BCUT2D eigenvalue weighted by Crippen LogP contribution is 2.17. The van der Waals surface area contributed by atoms with Crippen molar-refractivity contribution in [2.75, 3.05) is 26.3 Å². The average molecular weight is 290 g/mol. The Morgan fingerprint density at radius 1 is 1.33 bits per heavy atom. The highest BCUT2D eigenvalue weighted by atomic mass is 32.2. The van der Waals surface area contributed by atoms with E-state index in [9.17, 15) is 8.42 Å². The summed E-state index contributed by atoms with van der Waals surface area (Å²) in [5.41, 5.74) is 0. The largest absolute Gasteiger partial charge is 0.379 e. The molecule has 0 bridgehead atoms. The van der Waals surface area contributed by atoms with Crippen LogP contribution in [0.3, 0.4) is 0 Å². The number of ether oxygens (including phenoxy) is 1. The first kappa shape index (κ1) is 14.0. The van der Waals surface area contributed by atoms with E-state index in [1.165, 1.54) is 9.18 Å². The van der Waals surface area contributed by atoms with Crippen LogP contribution < -0.4 is 4.72 Å². The first-order chi connectivity index (χ1) is 8.62. The van der Waals surface area contributed by atoms with Gasteiger partial charge in [-0.3, -0.25) is 0 Å². The zero-order valence-electron chi connectivity index (χ0n) is 10.4. The van der Waals surface area contributed by atoms with Crippen molar-refractivity contribution in [1.82, 2.24) is 9.03 Å². The number of nitrogens with zero attached hydrogens (tertiary/aromatic N) is 1. The quantitative estimate of drug-likeness (QED) is 0.879. The van der Waals surface area contributed by atoms with Crippen molar-refractivity contribution in [1.29, 1.82) is 0 Å². The highest BCUT2D eigenvalue weighted by molar-refractivity contribution is 7.87. The molecule has 2 rings (SSSR count). The fraction of sp³-hybridized carbons (Fsp3) is 0.636. The van der Waals surface area contributed by atoms with E-state index in [0.717, 1.165) is 11.3 Å². The molecule has 1 aliphatic heterocycles. The van der Waals surface area contributed by atoms with Crippen LogP contribution in [-0.4, -0.2) is 39.0 Å². The van der Waals surface area contributed by atoms with Gasteiger partial charge in [-0.1, -0.05) is 6.92 Å². The SMILES string of the molecule is CCc1ccc(CNS(=O)(=O)N2CCOCC2)s1. The van der Waals surface area contributed by atoms with E-state index in [2.05, 4.69) is 11.6 Å². The summed E-state index contributed by atoms with van der Waals surface area (Å²) in [5.74, 6) is 0. The monoisotopic (exact) mass is 290 g/mol. The third kappa shape index (κ3) is 3.52. The molecule has 0 radical (unpaired) electrons. The molecular formula is C11H18N2O3S2.